The highest BCUT2D eigenvalue weighted by molar-refractivity contribution is 5.94. The number of aliphatic hydroxyl groups is 1. The molecule has 1 aromatic carbocycles. The number of likely N-dealkylation sites (tertiary alicyclic amines) is 1. The lowest BCUT2D eigenvalue weighted by Crippen LogP contribution is -2.45. The third-order valence-corrected chi connectivity index (χ3v) is 6.36. The number of carbonyl (C=O) groups is 2. The Kier molecular flexibility index (Phi) is 6.58. The highest BCUT2D eigenvalue weighted by Crippen LogP contribution is 2.30. The summed E-state index contributed by atoms with van der Waals surface area (Å²) in [7, 11) is 1.44. The number of pyridine rings is 1. The van der Waals surface area contributed by atoms with Crippen LogP contribution in [0.25, 0.3) is 0 Å². The Labute approximate surface area is 191 Å². The molecule has 1 atom stereocenters. The van der Waals surface area contributed by atoms with Crippen LogP contribution >= 0.6 is 0 Å². The van der Waals surface area contributed by atoms with Gasteiger partial charge in [0, 0.05) is 43.5 Å². The maximum atomic E-state index is 12.6. The molecule has 9 nitrogen and oxygen atoms in total. The second-order valence-corrected chi connectivity index (χ2v) is 8.33. The number of carbonyl (C=O) groups excluding carboxylic acids is 2. The molecule has 9 heteroatoms. The molecular weight excluding hydrogens is 424 g/mol. The van der Waals surface area contributed by atoms with Crippen molar-refractivity contribution in [3.63, 3.8) is 0 Å². The number of hydrogen-bond acceptors (Lipinski definition) is 8. The summed E-state index contributed by atoms with van der Waals surface area (Å²) in [6.07, 6.45) is 2.16. The number of cyclic esters (lactones) is 1. The Bertz CT molecular complexity index is 1120. The quantitative estimate of drug-likeness (QED) is 0.639. The van der Waals surface area contributed by atoms with Gasteiger partial charge in [-0.05, 0) is 37.0 Å². The third-order valence-electron chi connectivity index (χ3n) is 6.36. The zero-order chi connectivity index (χ0) is 23.5. The number of β-amino-alcohol motifs (C(OH)–C–C–N with tert-alkyl or cyclic N) is 1. The lowest BCUT2D eigenvalue weighted by Gasteiger charge is -2.33. The van der Waals surface area contributed by atoms with E-state index in [1.165, 1.54) is 19.4 Å². The summed E-state index contributed by atoms with van der Waals surface area (Å²) in [5.74, 6) is -0.297. The number of fused-ring (bicyclic) bond motifs is 1. The minimum absolute atomic E-state index is 0.000720. The number of nitrogens with zero attached hydrogens (tertiary/aromatic N) is 3. The molecular formula is C24H26N4O5. The van der Waals surface area contributed by atoms with E-state index in [1.807, 2.05) is 13.0 Å². The summed E-state index contributed by atoms with van der Waals surface area (Å²) in [5, 5.41) is 22.9. The predicted octanol–water partition coefficient (Wildman–Crippen LogP) is 1.87. The van der Waals surface area contributed by atoms with Gasteiger partial charge in [-0.1, -0.05) is 6.07 Å². The first-order valence-electron chi connectivity index (χ1n) is 10.9. The van der Waals surface area contributed by atoms with Crippen molar-refractivity contribution < 1.29 is 24.2 Å². The highest BCUT2D eigenvalue weighted by atomic mass is 16.5. The number of nitriles is 1. The highest BCUT2D eigenvalue weighted by Gasteiger charge is 2.28. The molecule has 0 bridgehead atoms. The van der Waals surface area contributed by atoms with Crippen LogP contribution in [0.1, 0.15) is 62.0 Å². The predicted molar refractivity (Wildman–Crippen MR) is 118 cm³/mol. The summed E-state index contributed by atoms with van der Waals surface area (Å²) in [4.78, 5) is 30.5. The second kappa shape index (κ2) is 9.57. The number of piperidine rings is 1. The van der Waals surface area contributed by atoms with Crippen LogP contribution in [-0.2, 0) is 11.3 Å². The zero-order valence-corrected chi connectivity index (χ0v) is 18.6. The van der Waals surface area contributed by atoms with E-state index in [0.717, 1.165) is 42.6 Å². The number of benzene rings is 1. The fourth-order valence-electron chi connectivity index (χ4n) is 4.40. The van der Waals surface area contributed by atoms with Crippen LogP contribution in [-0.4, -0.2) is 59.7 Å². The topological polar surface area (TPSA) is 125 Å². The van der Waals surface area contributed by atoms with E-state index in [9.17, 15) is 14.7 Å². The van der Waals surface area contributed by atoms with Gasteiger partial charge in [0.15, 0.2) is 0 Å². The van der Waals surface area contributed by atoms with Crippen LogP contribution in [0, 0.1) is 18.3 Å². The van der Waals surface area contributed by atoms with Gasteiger partial charge in [-0.2, -0.15) is 5.26 Å². The van der Waals surface area contributed by atoms with Crippen LogP contribution in [0.5, 0.6) is 5.75 Å². The van der Waals surface area contributed by atoms with Crippen molar-refractivity contribution in [1.82, 2.24) is 15.2 Å². The molecule has 1 fully saturated rings. The van der Waals surface area contributed by atoms with Gasteiger partial charge in [0.25, 0.3) is 5.91 Å². The average molecular weight is 450 g/mol. The first-order chi connectivity index (χ1) is 15.9. The summed E-state index contributed by atoms with van der Waals surface area (Å²) in [6, 6.07) is 6.98. The number of hydrogen-bond donors (Lipinski definition) is 2. The number of nitrogens with one attached hydrogen (secondary N) is 1. The minimum atomic E-state index is -0.674. The normalized spacial score (nSPS) is 17.1. The molecule has 0 radical (unpaired) electrons. The van der Waals surface area contributed by atoms with Gasteiger partial charge in [-0.15, -0.1) is 0 Å². The van der Waals surface area contributed by atoms with E-state index in [1.54, 1.807) is 12.1 Å². The van der Waals surface area contributed by atoms with Crippen molar-refractivity contribution in [3.05, 3.63) is 57.9 Å². The number of aromatic nitrogens is 1. The number of aliphatic hydroxyl groups excluding tert-OH is 1. The van der Waals surface area contributed by atoms with E-state index in [0.29, 0.717) is 17.9 Å². The number of rotatable bonds is 6. The lowest BCUT2D eigenvalue weighted by atomic mass is 9.94. The smallest absolute Gasteiger partial charge is 0.338 e. The molecule has 0 spiro atoms. The molecule has 172 valence electrons. The molecule has 1 amide bonds. The fourth-order valence-corrected chi connectivity index (χ4v) is 4.40. The average Bonchev–Trinajstić information content (AvgIpc) is 3.21. The lowest BCUT2D eigenvalue weighted by molar-refractivity contribution is 0.0534. The number of esters is 1. The van der Waals surface area contributed by atoms with Gasteiger partial charge < -0.3 is 24.8 Å². The summed E-state index contributed by atoms with van der Waals surface area (Å²) < 4.78 is 10.2. The summed E-state index contributed by atoms with van der Waals surface area (Å²) in [5.41, 5.74) is 3.62. The van der Waals surface area contributed by atoms with Gasteiger partial charge in [-0.25, -0.2) is 9.78 Å². The SMILES string of the molecule is COc1cc(C(=O)NC2CCN(CC(O)c3ccc4c(c3C)COC4=O)CC2)ncc1C#N. The molecule has 2 N–H and O–H groups in total. The van der Waals surface area contributed by atoms with Crippen LogP contribution in [0.4, 0.5) is 0 Å². The molecule has 0 saturated carbocycles. The number of amides is 1. The Balaban J connectivity index is 1.31. The number of methoxy groups -OCH3 is 1. The van der Waals surface area contributed by atoms with Crippen molar-refractivity contribution in [2.45, 2.75) is 38.5 Å². The van der Waals surface area contributed by atoms with Crippen molar-refractivity contribution in [2.24, 2.45) is 0 Å². The molecule has 33 heavy (non-hydrogen) atoms. The first kappa shape index (κ1) is 22.7. The van der Waals surface area contributed by atoms with Gasteiger partial charge in [0.2, 0.25) is 0 Å². The van der Waals surface area contributed by atoms with E-state index in [2.05, 4.69) is 15.2 Å². The van der Waals surface area contributed by atoms with E-state index in [-0.39, 0.29) is 35.8 Å². The van der Waals surface area contributed by atoms with E-state index < -0.39 is 6.10 Å². The van der Waals surface area contributed by atoms with Crippen LogP contribution in [0.3, 0.4) is 0 Å². The zero-order valence-electron chi connectivity index (χ0n) is 18.6. The molecule has 4 rings (SSSR count). The summed E-state index contributed by atoms with van der Waals surface area (Å²) in [6.45, 7) is 4.11. The van der Waals surface area contributed by atoms with Crippen molar-refractivity contribution in [3.8, 4) is 11.8 Å². The van der Waals surface area contributed by atoms with Crippen LogP contribution < -0.4 is 10.1 Å². The molecule has 2 aliphatic heterocycles. The molecule has 1 saturated heterocycles. The van der Waals surface area contributed by atoms with E-state index in [4.69, 9.17) is 14.7 Å². The first-order valence-corrected chi connectivity index (χ1v) is 10.9. The maximum absolute atomic E-state index is 12.6. The second-order valence-electron chi connectivity index (χ2n) is 8.33. The molecule has 2 aromatic rings. The molecule has 1 aromatic heterocycles. The standard InChI is InChI=1S/C24H26N4O5/c1-14-17(3-4-18-19(14)13-33-24(18)31)21(29)12-28-7-5-16(6-8-28)27-23(30)20-9-22(32-2)15(10-25)11-26-20/h3-4,9,11,16,21,29H,5-8,12-13H2,1-2H3,(H,27,30). The van der Waals surface area contributed by atoms with Crippen LogP contribution in [0.2, 0.25) is 0 Å². The van der Waals surface area contributed by atoms with Gasteiger partial charge in [0.05, 0.1) is 18.8 Å². The van der Waals surface area contributed by atoms with Crippen molar-refractivity contribution in [2.75, 3.05) is 26.7 Å². The molecule has 3 heterocycles. The fraction of sp³-hybridized carbons (Fsp3) is 0.417. The summed E-state index contributed by atoms with van der Waals surface area (Å²) >= 11 is 0. The number of ether oxygens (including phenoxy) is 2. The van der Waals surface area contributed by atoms with Crippen molar-refractivity contribution >= 4 is 11.9 Å². The molecule has 2 aliphatic rings. The van der Waals surface area contributed by atoms with Gasteiger partial charge >= 0.3 is 5.97 Å². The van der Waals surface area contributed by atoms with Gasteiger partial charge in [0.1, 0.15) is 29.7 Å². The Hall–Kier alpha value is -3.48. The monoisotopic (exact) mass is 450 g/mol. The van der Waals surface area contributed by atoms with Crippen molar-refractivity contribution in [1.29, 1.82) is 5.26 Å². The Morgan fingerprint density at radius 3 is 2.88 bits per heavy atom. The minimum Gasteiger partial charge on any atom is -0.495 e. The van der Waals surface area contributed by atoms with E-state index >= 15 is 0 Å². The van der Waals surface area contributed by atoms with Gasteiger partial charge in [-0.3, -0.25) is 4.79 Å². The maximum Gasteiger partial charge on any atom is 0.338 e. The molecule has 1 unspecified atom stereocenters. The van der Waals surface area contributed by atoms with Crippen LogP contribution in [0.15, 0.2) is 24.4 Å². The Morgan fingerprint density at radius 1 is 1.42 bits per heavy atom. The Morgan fingerprint density at radius 2 is 2.18 bits per heavy atom. The molecule has 0 aliphatic carbocycles. The third kappa shape index (κ3) is 4.67. The largest absolute Gasteiger partial charge is 0.495 e.